The van der Waals surface area contributed by atoms with Gasteiger partial charge in [-0.3, -0.25) is 10.1 Å². The van der Waals surface area contributed by atoms with Gasteiger partial charge in [0, 0.05) is 24.0 Å². The molecule has 2 aromatic heterocycles. The smallest absolute Gasteiger partial charge is 0.411 e. The maximum Gasteiger partial charge on any atom is 0.411 e. The lowest BCUT2D eigenvalue weighted by Crippen LogP contribution is -2.14. The van der Waals surface area contributed by atoms with E-state index in [1.54, 1.807) is 6.92 Å². The van der Waals surface area contributed by atoms with Gasteiger partial charge in [-0.2, -0.15) is 0 Å². The van der Waals surface area contributed by atoms with Crippen LogP contribution in [0.1, 0.15) is 6.92 Å². The predicted molar refractivity (Wildman–Crippen MR) is 85.8 cm³/mol. The van der Waals surface area contributed by atoms with E-state index in [-0.39, 0.29) is 34.8 Å². The van der Waals surface area contributed by atoms with Crippen LogP contribution in [0.25, 0.3) is 22.6 Å². The van der Waals surface area contributed by atoms with Gasteiger partial charge in [0.05, 0.1) is 12.3 Å². The van der Waals surface area contributed by atoms with Gasteiger partial charge in [0.15, 0.2) is 5.52 Å². The highest BCUT2D eigenvalue weighted by molar-refractivity contribution is 5.91. The molecule has 0 aliphatic carbocycles. The molecule has 0 aliphatic rings. The maximum absolute atomic E-state index is 12.2. The summed E-state index contributed by atoms with van der Waals surface area (Å²) in [6, 6.07) is 5.45. The molecule has 8 nitrogen and oxygen atoms in total. The third kappa shape index (κ3) is 3.02. The second-order valence-electron chi connectivity index (χ2n) is 4.76. The van der Waals surface area contributed by atoms with E-state index in [0.29, 0.717) is 11.3 Å². The molecule has 0 spiro atoms. The summed E-state index contributed by atoms with van der Waals surface area (Å²) in [6.45, 7) is 1.89. The molecular weight excluding hydrogens is 314 g/mol. The fourth-order valence-corrected chi connectivity index (χ4v) is 2.14. The van der Waals surface area contributed by atoms with Gasteiger partial charge in [-0.05, 0) is 25.1 Å². The van der Waals surface area contributed by atoms with E-state index in [1.165, 1.54) is 36.7 Å². The van der Waals surface area contributed by atoms with Crippen molar-refractivity contribution in [2.75, 3.05) is 11.9 Å². The summed E-state index contributed by atoms with van der Waals surface area (Å²) in [5.74, 6) is 0.0806. The van der Waals surface area contributed by atoms with Crippen molar-refractivity contribution in [1.82, 2.24) is 9.97 Å². The zero-order chi connectivity index (χ0) is 17.1. The Kier molecular flexibility index (Phi) is 4.11. The number of ether oxygens (including phenoxy) is 1. The Balaban J connectivity index is 2.13. The molecule has 0 radical (unpaired) electrons. The second kappa shape index (κ2) is 6.37. The molecule has 1 amide bonds. The van der Waals surface area contributed by atoms with Crippen LogP contribution in [0.5, 0.6) is 5.75 Å². The average molecular weight is 327 g/mol. The minimum absolute atomic E-state index is 0.0544. The molecule has 0 aliphatic heterocycles. The van der Waals surface area contributed by atoms with E-state index in [4.69, 9.17) is 9.15 Å². The third-order valence-electron chi connectivity index (χ3n) is 3.15. The first-order chi connectivity index (χ1) is 11.6. The fourth-order valence-electron chi connectivity index (χ4n) is 2.14. The van der Waals surface area contributed by atoms with Crippen LogP contribution in [-0.2, 0) is 4.74 Å². The van der Waals surface area contributed by atoms with Crippen molar-refractivity contribution < 1.29 is 19.1 Å². The summed E-state index contributed by atoms with van der Waals surface area (Å²) >= 11 is 0. The number of rotatable bonds is 3. The molecule has 122 valence electrons. The Hall–Kier alpha value is -3.42. The van der Waals surface area contributed by atoms with Crippen molar-refractivity contribution in [3.05, 3.63) is 46.9 Å². The van der Waals surface area contributed by atoms with E-state index >= 15 is 0 Å². The SMILES string of the molecule is CCOC(=O)Nc1ccc(O)cc1-c1cc(=O)c2nccnc2o1. The molecule has 0 saturated carbocycles. The maximum atomic E-state index is 12.2. The van der Waals surface area contributed by atoms with Gasteiger partial charge in [0.1, 0.15) is 11.5 Å². The molecule has 0 unspecified atom stereocenters. The van der Waals surface area contributed by atoms with E-state index in [0.717, 1.165) is 0 Å². The van der Waals surface area contributed by atoms with Crippen molar-refractivity contribution in [3.63, 3.8) is 0 Å². The number of carbonyl (C=O) groups excluding carboxylic acids is 1. The highest BCUT2D eigenvalue weighted by Gasteiger charge is 2.15. The van der Waals surface area contributed by atoms with Crippen molar-refractivity contribution in [1.29, 1.82) is 0 Å². The van der Waals surface area contributed by atoms with E-state index < -0.39 is 6.09 Å². The fraction of sp³-hybridized carbons (Fsp3) is 0.125. The number of phenols is 1. The molecule has 2 heterocycles. The van der Waals surface area contributed by atoms with Crippen LogP contribution in [0.4, 0.5) is 10.5 Å². The minimum Gasteiger partial charge on any atom is -0.508 e. The Morgan fingerprint density at radius 2 is 2.08 bits per heavy atom. The summed E-state index contributed by atoms with van der Waals surface area (Å²) in [4.78, 5) is 31.7. The van der Waals surface area contributed by atoms with Crippen LogP contribution < -0.4 is 10.7 Å². The molecular formula is C16H13N3O5. The zero-order valence-electron chi connectivity index (χ0n) is 12.6. The lowest BCUT2D eigenvalue weighted by atomic mass is 10.1. The number of aromatic hydroxyl groups is 1. The normalized spacial score (nSPS) is 10.5. The van der Waals surface area contributed by atoms with Gasteiger partial charge < -0.3 is 14.3 Å². The number of carbonyl (C=O) groups is 1. The Bertz CT molecular complexity index is 967. The van der Waals surface area contributed by atoms with Crippen molar-refractivity contribution in [3.8, 4) is 17.1 Å². The van der Waals surface area contributed by atoms with E-state index in [2.05, 4.69) is 15.3 Å². The highest BCUT2D eigenvalue weighted by atomic mass is 16.5. The number of benzene rings is 1. The number of hydrogen-bond donors (Lipinski definition) is 2. The molecule has 0 bridgehead atoms. The van der Waals surface area contributed by atoms with Gasteiger partial charge >= 0.3 is 6.09 Å². The van der Waals surface area contributed by atoms with E-state index in [9.17, 15) is 14.7 Å². The Morgan fingerprint density at radius 1 is 1.29 bits per heavy atom. The summed E-state index contributed by atoms with van der Waals surface area (Å²) in [5.41, 5.74) is 0.404. The number of fused-ring (bicyclic) bond motifs is 1. The number of phenolic OH excluding ortho intramolecular Hbond substituents is 1. The number of nitrogens with one attached hydrogen (secondary N) is 1. The van der Waals surface area contributed by atoms with Crippen LogP contribution in [-0.4, -0.2) is 27.8 Å². The van der Waals surface area contributed by atoms with Gasteiger partial charge in [0.25, 0.3) is 0 Å². The van der Waals surface area contributed by atoms with Crippen LogP contribution in [0, 0.1) is 0 Å². The molecule has 1 aromatic carbocycles. The molecule has 3 aromatic rings. The van der Waals surface area contributed by atoms with Crippen LogP contribution in [0.3, 0.4) is 0 Å². The lowest BCUT2D eigenvalue weighted by Gasteiger charge is -2.11. The summed E-state index contributed by atoms with van der Waals surface area (Å²) in [5, 5.41) is 12.3. The molecule has 0 fully saturated rings. The average Bonchev–Trinajstić information content (AvgIpc) is 2.56. The Morgan fingerprint density at radius 3 is 2.88 bits per heavy atom. The molecule has 0 atom stereocenters. The number of anilines is 1. The molecule has 3 rings (SSSR count). The van der Waals surface area contributed by atoms with Crippen LogP contribution in [0.2, 0.25) is 0 Å². The molecule has 2 N–H and O–H groups in total. The Labute approximate surface area is 135 Å². The summed E-state index contributed by atoms with van der Waals surface area (Å²) in [7, 11) is 0. The first-order valence-electron chi connectivity index (χ1n) is 7.10. The number of nitrogens with zero attached hydrogens (tertiary/aromatic N) is 2. The third-order valence-corrected chi connectivity index (χ3v) is 3.15. The molecule has 0 saturated heterocycles. The van der Waals surface area contributed by atoms with Crippen LogP contribution in [0.15, 0.2) is 45.9 Å². The van der Waals surface area contributed by atoms with E-state index in [1.807, 2.05) is 0 Å². The summed E-state index contributed by atoms with van der Waals surface area (Å²) in [6.07, 6.45) is 2.13. The first kappa shape index (κ1) is 15.5. The zero-order valence-corrected chi connectivity index (χ0v) is 12.6. The highest BCUT2D eigenvalue weighted by Crippen LogP contribution is 2.31. The summed E-state index contributed by atoms with van der Waals surface area (Å²) < 4.78 is 10.4. The number of amides is 1. The quantitative estimate of drug-likeness (QED) is 0.710. The van der Waals surface area contributed by atoms with Gasteiger partial charge in [0.2, 0.25) is 11.1 Å². The van der Waals surface area contributed by atoms with Gasteiger partial charge in [-0.1, -0.05) is 0 Å². The minimum atomic E-state index is -0.660. The van der Waals surface area contributed by atoms with Crippen molar-refractivity contribution in [2.45, 2.75) is 6.92 Å². The number of hydrogen-bond acceptors (Lipinski definition) is 7. The van der Waals surface area contributed by atoms with Crippen molar-refractivity contribution in [2.24, 2.45) is 0 Å². The monoisotopic (exact) mass is 327 g/mol. The standard InChI is InChI=1S/C16H13N3O5/c1-2-23-16(22)19-11-4-3-9(20)7-10(11)13-8-12(21)14-15(24-13)18-6-5-17-14/h3-8,20H,2H2,1H3,(H,19,22). The topological polar surface area (TPSA) is 115 Å². The van der Waals surface area contributed by atoms with Crippen LogP contribution >= 0.6 is 0 Å². The molecule has 8 heteroatoms. The lowest BCUT2D eigenvalue weighted by molar-refractivity contribution is 0.168. The largest absolute Gasteiger partial charge is 0.508 e. The number of aromatic nitrogens is 2. The first-order valence-corrected chi connectivity index (χ1v) is 7.10. The second-order valence-corrected chi connectivity index (χ2v) is 4.76. The van der Waals surface area contributed by atoms with Gasteiger partial charge in [-0.25, -0.2) is 14.8 Å². The predicted octanol–water partition coefficient (Wildman–Crippen LogP) is 2.52. The van der Waals surface area contributed by atoms with Crippen molar-refractivity contribution >= 4 is 23.0 Å². The van der Waals surface area contributed by atoms with Gasteiger partial charge in [-0.15, -0.1) is 0 Å². The molecule has 24 heavy (non-hydrogen) atoms.